The first-order chi connectivity index (χ1) is 6.95. The van der Waals surface area contributed by atoms with Crippen LogP contribution in [0.1, 0.15) is 5.69 Å². The third-order valence-electron chi connectivity index (χ3n) is 1.72. The van der Waals surface area contributed by atoms with Gasteiger partial charge in [-0.25, -0.2) is 9.97 Å². The van der Waals surface area contributed by atoms with E-state index in [0.29, 0.717) is 6.61 Å². The molecule has 1 aromatic carbocycles. The second-order valence-corrected chi connectivity index (χ2v) is 2.73. The molecule has 14 heavy (non-hydrogen) atoms. The lowest BCUT2D eigenvalue weighted by molar-refractivity contribution is 0.301. The molecule has 3 nitrogen and oxygen atoms in total. The van der Waals surface area contributed by atoms with E-state index in [1.54, 1.807) is 6.20 Å². The van der Waals surface area contributed by atoms with Gasteiger partial charge in [0, 0.05) is 6.20 Å². The van der Waals surface area contributed by atoms with Gasteiger partial charge < -0.3 is 4.74 Å². The van der Waals surface area contributed by atoms with E-state index in [0.717, 1.165) is 11.4 Å². The van der Waals surface area contributed by atoms with Crippen LogP contribution in [0.25, 0.3) is 0 Å². The Balaban J connectivity index is 1.96. The normalized spacial score (nSPS) is 9.71. The molecule has 1 heterocycles. The van der Waals surface area contributed by atoms with Crippen molar-refractivity contribution in [2.75, 3.05) is 0 Å². The van der Waals surface area contributed by atoms with Gasteiger partial charge in [-0.05, 0) is 24.3 Å². The highest BCUT2D eigenvalue weighted by molar-refractivity contribution is 5.20. The SMILES string of the molecule is [c]1ccc(OCc2ccncn2)cc1. The number of hydrogen-bond acceptors (Lipinski definition) is 3. The molecule has 0 saturated heterocycles. The van der Waals surface area contributed by atoms with E-state index in [2.05, 4.69) is 16.0 Å². The molecule has 0 amide bonds. The predicted molar refractivity (Wildman–Crippen MR) is 51.6 cm³/mol. The minimum Gasteiger partial charge on any atom is -0.487 e. The summed E-state index contributed by atoms with van der Waals surface area (Å²) in [5.74, 6) is 0.822. The lowest BCUT2D eigenvalue weighted by atomic mass is 10.3. The van der Waals surface area contributed by atoms with Gasteiger partial charge in [-0.15, -0.1) is 0 Å². The Bertz CT molecular complexity index is 336. The number of ether oxygens (including phenoxy) is 1. The number of rotatable bonds is 3. The molecule has 1 aromatic heterocycles. The molecule has 0 unspecified atom stereocenters. The van der Waals surface area contributed by atoms with Crippen LogP contribution >= 0.6 is 0 Å². The number of benzene rings is 1. The van der Waals surface area contributed by atoms with Crippen LogP contribution in [0, 0.1) is 6.07 Å². The molecule has 2 rings (SSSR count). The second-order valence-electron chi connectivity index (χ2n) is 2.73. The summed E-state index contributed by atoms with van der Waals surface area (Å²) in [6.45, 7) is 0.465. The number of nitrogens with zero attached hydrogens (tertiary/aromatic N) is 2. The summed E-state index contributed by atoms with van der Waals surface area (Å²) >= 11 is 0. The molecule has 0 fully saturated rings. The zero-order chi connectivity index (χ0) is 9.64. The first-order valence-corrected chi connectivity index (χ1v) is 4.29. The Hall–Kier alpha value is -1.90. The molecule has 0 bridgehead atoms. The van der Waals surface area contributed by atoms with Crippen molar-refractivity contribution in [1.82, 2.24) is 9.97 Å². The zero-order valence-electron chi connectivity index (χ0n) is 7.55. The molecule has 1 radical (unpaired) electrons. The van der Waals surface area contributed by atoms with Crippen molar-refractivity contribution in [3.8, 4) is 5.75 Å². The highest BCUT2D eigenvalue weighted by Crippen LogP contribution is 2.09. The van der Waals surface area contributed by atoms with Crippen molar-refractivity contribution >= 4 is 0 Å². The monoisotopic (exact) mass is 185 g/mol. The van der Waals surface area contributed by atoms with E-state index in [-0.39, 0.29) is 0 Å². The van der Waals surface area contributed by atoms with Crippen molar-refractivity contribution < 1.29 is 4.74 Å². The van der Waals surface area contributed by atoms with E-state index in [1.165, 1.54) is 6.33 Å². The lowest BCUT2D eigenvalue weighted by Gasteiger charge is -2.03. The average molecular weight is 185 g/mol. The van der Waals surface area contributed by atoms with Crippen LogP contribution < -0.4 is 4.74 Å². The Morgan fingerprint density at radius 3 is 2.79 bits per heavy atom. The topological polar surface area (TPSA) is 35.0 Å². The van der Waals surface area contributed by atoms with Crippen LogP contribution in [0.5, 0.6) is 5.75 Å². The second kappa shape index (κ2) is 4.37. The van der Waals surface area contributed by atoms with E-state index in [4.69, 9.17) is 4.74 Å². The summed E-state index contributed by atoms with van der Waals surface area (Å²) in [5.41, 5.74) is 0.868. The summed E-state index contributed by atoms with van der Waals surface area (Å²) < 4.78 is 5.48. The fourth-order valence-electron chi connectivity index (χ4n) is 1.03. The van der Waals surface area contributed by atoms with Gasteiger partial charge in [0.2, 0.25) is 0 Å². The zero-order valence-corrected chi connectivity index (χ0v) is 7.55. The van der Waals surface area contributed by atoms with Crippen LogP contribution in [-0.4, -0.2) is 9.97 Å². The van der Waals surface area contributed by atoms with Gasteiger partial charge in [-0.1, -0.05) is 12.1 Å². The van der Waals surface area contributed by atoms with Crippen LogP contribution in [0.2, 0.25) is 0 Å². The van der Waals surface area contributed by atoms with Crippen molar-refractivity contribution in [2.24, 2.45) is 0 Å². The lowest BCUT2D eigenvalue weighted by Crippen LogP contribution is -1.97. The Labute approximate surface area is 82.4 Å². The number of hydrogen-bond donors (Lipinski definition) is 0. The minimum absolute atomic E-state index is 0.465. The Morgan fingerprint density at radius 2 is 2.07 bits per heavy atom. The van der Waals surface area contributed by atoms with Crippen LogP contribution in [0.4, 0.5) is 0 Å². The van der Waals surface area contributed by atoms with E-state index >= 15 is 0 Å². The van der Waals surface area contributed by atoms with Crippen molar-refractivity contribution in [2.45, 2.75) is 6.61 Å². The Kier molecular flexibility index (Phi) is 2.71. The summed E-state index contributed by atoms with van der Waals surface area (Å²) in [4.78, 5) is 7.88. The molecule has 0 N–H and O–H groups in total. The molecular formula is C11H9N2O. The quantitative estimate of drug-likeness (QED) is 0.732. The molecule has 0 aliphatic rings. The van der Waals surface area contributed by atoms with E-state index < -0.39 is 0 Å². The number of aromatic nitrogens is 2. The predicted octanol–water partition coefficient (Wildman–Crippen LogP) is 1.86. The molecular weight excluding hydrogens is 176 g/mol. The summed E-state index contributed by atoms with van der Waals surface area (Å²) in [5, 5.41) is 0. The third-order valence-corrected chi connectivity index (χ3v) is 1.72. The first kappa shape index (κ1) is 8.69. The van der Waals surface area contributed by atoms with Crippen molar-refractivity contribution in [3.05, 3.63) is 54.6 Å². The largest absolute Gasteiger partial charge is 0.487 e. The van der Waals surface area contributed by atoms with E-state index in [1.807, 2.05) is 30.3 Å². The van der Waals surface area contributed by atoms with E-state index in [9.17, 15) is 0 Å². The van der Waals surface area contributed by atoms with Gasteiger partial charge in [0.15, 0.2) is 0 Å². The van der Waals surface area contributed by atoms with Crippen molar-refractivity contribution in [3.63, 3.8) is 0 Å². The van der Waals surface area contributed by atoms with Crippen molar-refractivity contribution in [1.29, 1.82) is 0 Å². The summed E-state index contributed by atoms with van der Waals surface area (Å²) in [6.07, 6.45) is 3.21. The molecule has 3 heteroatoms. The smallest absolute Gasteiger partial charge is 0.130 e. The maximum absolute atomic E-state index is 5.48. The molecule has 0 aliphatic carbocycles. The average Bonchev–Trinajstić information content (AvgIpc) is 2.29. The van der Waals surface area contributed by atoms with Gasteiger partial charge >= 0.3 is 0 Å². The fourth-order valence-corrected chi connectivity index (χ4v) is 1.03. The van der Waals surface area contributed by atoms with Gasteiger partial charge in [0.05, 0.1) is 5.69 Å². The maximum atomic E-state index is 5.48. The molecule has 69 valence electrons. The minimum atomic E-state index is 0.465. The summed E-state index contributed by atoms with van der Waals surface area (Å²) in [6, 6.07) is 12.1. The maximum Gasteiger partial charge on any atom is 0.130 e. The molecule has 0 atom stereocenters. The molecule has 0 aliphatic heterocycles. The third kappa shape index (κ3) is 2.29. The Morgan fingerprint density at radius 1 is 1.21 bits per heavy atom. The van der Waals surface area contributed by atoms with Crippen LogP contribution in [0.15, 0.2) is 42.9 Å². The molecule has 0 spiro atoms. The highest BCUT2D eigenvalue weighted by Gasteiger charge is 1.94. The van der Waals surface area contributed by atoms with Gasteiger partial charge in [-0.2, -0.15) is 0 Å². The van der Waals surface area contributed by atoms with Gasteiger partial charge in [-0.3, -0.25) is 0 Å². The van der Waals surface area contributed by atoms with Gasteiger partial charge in [0.1, 0.15) is 18.7 Å². The highest BCUT2D eigenvalue weighted by atomic mass is 16.5. The summed E-state index contributed by atoms with van der Waals surface area (Å²) in [7, 11) is 0. The fraction of sp³-hybridized carbons (Fsp3) is 0.0909. The molecule has 0 saturated carbocycles. The first-order valence-electron chi connectivity index (χ1n) is 4.29. The van der Waals surface area contributed by atoms with Crippen LogP contribution in [-0.2, 0) is 6.61 Å². The molecule has 2 aromatic rings. The standard InChI is InChI=1S/C11H9N2O/c1-2-4-11(5-3-1)14-8-10-6-7-12-9-13-10/h2-7,9H,8H2. The van der Waals surface area contributed by atoms with Gasteiger partial charge in [0.25, 0.3) is 0 Å². The van der Waals surface area contributed by atoms with Crippen LogP contribution in [0.3, 0.4) is 0 Å².